The van der Waals surface area contributed by atoms with Crippen LogP contribution in [0.3, 0.4) is 0 Å². The largest absolute Gasteiger partial charge is 0.396 e. The third kappa shape index (κ3) is 4.13. The highest BCUT2D eigenvalue weighted by atomic mass is 16.3. The predicted molar refractivity (Wildman–Crippen MR) is 132 cm³/mol. The topological polar surface area (TPSA) is 98.5 Å². The van der Waals surface area contributed by atoms with Crippen LogP contribution in [0.1, 0.15) is 35.9 Å². The van der Waals surface area contributed by atoms with Crippen molar-refractivity contribution in [2.24, 2.45) is 11.7 Å². The first-order valence-corrected chi connectivity index (χ1v) is 11.5. The van der Waals surface area contributed by atoms with Crippen LogP contribution in [-0.4, -0.2) is 45.2 Å². The van der Waals surface area contributed by atoms with Gasteiger partial charge in [-0.3, -0.25) is 10.3 Å². The number of aliphatic hydroxyl groups excluding tert-OH is 2. The first kappa shape index (κ1) is 21.6. The van der Waals surface area contributed by atoms with Gasteiger partial charge < -0.3 is 20.5 Å². The van der Waals surface area contributed by atoms with Crippen LogP contribution in [-0.2, 0) is 6.54 Å². The highest BCUT2D eigenvalue weighted by Crippen LogP contribution is 2.32. The second kappa shape index (κ2) is 8.98. The van der Waals surface area contributed by atoms with Crippen molar-refractivity contribution in [3.05, 3.63) is 83.6 Å². The quantitative estimate of drug-likeness (QED) is 0.269. The lowest BCUT2D eigenvalue weighted by atomic mass is 9.97. The van der Waals surface area contributed by atoms with Gasteiger partial charge in [-0.1, -0.05) is 54.6 Å². The van der Waals surface area contributed by atoms with Crippen molar-refractivity contribution in [1.29, 1.82) is 5.41 Å². The molecule has 0 amide bonds. The molecule has 6 nitrogen and oxygen atoms in total. The Morgan fingerprint density at radius 1 is 1.00 bits per heavy atom. The van der Waals surface area contributed by atoms with Gasteiger partial charge in [-0.15, -0.1) is 0 Å². The monoisotopic (exact) mass is 442 g/mol. The van der Waals surface area contributed by atoms with E-state index in [1.165, 1.54) is 16.3 Å². The molecule has 1 aliphatic rings. The second-order valence-corrected chi connectivity index (χ2v) is 9.02. The molecule has 170 valence electrons. The Labute approximate surface area is 193 Å². The molecule has 0 radical (unpaired) electrons. The van der Waals surface area contributed by atoms with Crippen molar-refractivity contribution in [3.8, 4) is 0 Å². The Hall–Kier alpha value is -3.19. The van der Waals surface area contributed by atoms with Crippen LogP contribution in [0.15, 0.2) is 66.7 Å². The van der Waals surface area contributed by atoms with Crippen LogP contribution < -0.4 is 5.73 Å². The number of nitrogen functional groups attached to an aromatic ring is 1. The highest BCUT2D eigenvalue weighted by Gasteiger charge is 2.27. The fraction of sp³-hybridized carbons (Fsp3) is 0.296. The van der Waals surface area contributed by atoms with Crippen LogP contribution >= 0.6 is 0 Å². The molecule has 0 bridgehead atoms. The summed E-state index contributed by atoms with van der Waals surface area (Å²) < 4.78 is 2.16. The van der Waals surface area contributed by atoms with E-state index in [0.29, 0.717) is 18.0 Å². The minimum atomic E-state index is -0.743. The van der Waals surface area contributed by atoms with E-state index in [2.05, 4.69) is 45.9 Å². The van der Waals surface area contributed by atoms with E-state index in [4.69, 9.17) is 11.1 Å². The first-order chi connectivity index (χ1) is 16.0. The van der Waals surface area contributed by atoms with E-state index < -0.39 is 6.23 Å². The van der Waals surface area contributed by atoms with Gasteiger partial charge >= 0.3 is 0 Å². The molecule has 1 fully saturated rings. The molecule has 5 rings (SSSR count). The van der Waals surface area contributed by atoms with Gasteiger partial charge in [0.05, 0.1) is 5.69 Å². The number of amidine groups is 1. The molecule has 1 aromatic heterocycles. The molecule has 1 saturated heterocycles. The lowest BCUT2D eigenvalue weighted by Crippen LogP contribution is -2.38. The molecule has 0 saturated carbocycles. The van der Waals surface area contributed by atoms with Crippen molar-refractivity contribution in [3.63, 3.8) is 0 Å². The lowest BCUT2D eigenvalue weighted by Gasteiger charge is -2.35. The summed E-state index contributed by atoms with van der Waals surface area (Å²) in [5, 5.41) is 32.2. The molecule has 1 unspecified atom stereocenters. The van der Waals surface area contributed by atoms with E-state index in [-0.39, 0.29) is 12.4 Å². The van der Waals surface area contributed by atoms with Gasteiger partial charge in [0.25, 0.3) is 0 Å². The molecule has 2 heterocycles. The average Bonchev–Trinajstić information content (AvgIpc) is 3.21. The molecular formula is C27H30N4O2. The molecule has 6 heteroatoms. The minimum Gasteiger partial charge on any atom is -0.396 e. The van der Waals surface area contributed by atoms with Crippen LogP contribution in [0, 0.1) is 11.3 Å². The van der Waals surface area contributed by atoms with Crippen molar-refractivity contribution < 1.29 is 10.2 Å². The molecule has 1 aliphatic heterocycles. The summed E-state index contributed by atoms with van der Waals surface area (Å²) in [4.78, 5) is 2.09. The SMILES string of the molecule is N=C(N)c1ccc2cc(C(O)N3CCC(CO)CC3)n(Cc3cccc4ccccc34)c2c1. The van der Waals surface area contributed by atoms with E-state index in [0.717, 1.165) is 42.5 Å². The van der Waals surface area contributed by atoms with Crippen molar-refractivity contribution >= 4 is 27.5 Å². The number of hydrogen-bond donors (Lipinski definition) is 4. The maximum atomic E-state index is 11.4. The van der Waals surface area contributed by atoms with E-state index in [1.54, 1.807) is 0 Å². The van der Waals surface area contributed by atoms with Gasteiger partial charge in [0.15, 0.2) is 0 Å². The third-order valence-electron chi connectivity index (χ3n) is 6.97. The van der Waals surface area contributed by atoms with Gasteiger partial charge in [-0.05, 0) is 47.2 Å². The molecule has 3 aromatic carbocycles. The fourth-order valence-corrected chi connectivity index (χ4v) is 5.00. The number of nitrogens with one attached hydrogen (secondary N) is 1. The van der Waals surface area contributed by atoms with E-state index in [9.17, 15) is 10.2 Å². The Kier molecular flexibility index (Phi) is 5.89. The number of piperidine rings is 1. The summed E-state index contributed by atoms with van der Waals surface area (Å²) >= 11 is 0. The molecule has 0 spiro atoms. The maximum absolute atomic E-state index is 11.4. The van der Waals surface area contributed by atoms with Crippen LogP contribution in [0.2, 0.25) is 0 Å². The standard InChI is InChI=1S/C27H30N4O2/c28-26(29)21-9-8-20-14-25(27(33)30-12-10-18(17-32)11-13-30)31(24(20)15-21)16-22-6-3-5-19-4-1-2-7-23(19)22/h1-9,14-15,18,27,32-33H,10-13,16-17H2,(H3,28,29). The van der Waals surface area contributed by atoms with Gasteiger partial charge in [-0.2, -0.15) is 0 Å². The smallest absolute Gasteiger partial charge is 0.148 e. The number of benzene rings is 3. The third-order valence-corrected chi connectivity index (χ3v) is 6.97. The summed E-state index contributed by atoms with van der Waals surface area (Å²) in [6.07, 6.45) is 1.02. The summed E-state index contributed by atoms with van der Waals surface area (Å²) in [6, 6.07) is 22.5. The Bertz CT molecular complexity index is 1300. The number of likely N-dealkylation sites (tertiary alicyclic amines) is 1. The van der Waals surface area contributed by atoms with Crippen molar-refractivity contribution in [1.82, 2.24) is 9.47 Å². The highest BCUT2D eigenvalue weighted by molar-refractivity contribution is 5.99. The van der Waals surface area contributed by atoms with Crippen LogP contribution in [0.5, 0.6) is 0 Å². The summed E-state index contributed by atoms with van der Waals surface area (Å²) in [7, 11) is 0. The number of aromatic nitrogens is 1. The van der Waals surface area contributed by atoms with E-state index in [1.807, 2.05) is 30.3 Å². The zero-order valence-corrected chi connectivity index (χ0v) is 18.6. The zero-order chi connectivity index (χ0) is 22.9. The normalized spacial score (nSPS) is 16.4. The molecule has 33 heavy (non-hydrogen) atoms. The Balaban J connectivity index is 1.60. The van der Waals surface area contributed by atoms with Gasteiger partial charge in [-0.25, -0.2) is 0 Å². The number of nitrogens with zero attached hydrogens (tertiary/aromatic N) is 2. The van der Waals surface area contributed by atoms with Crippen molar-refractivity contribution in [2.45, 2.75) is 25.6 Å². The number of nitrogens with two attached hydrogens (primary N) is 1. The van der Waals surface area contributed by atoms with Gasteiger partial charge in [0.1, 0.15) is 12.1 Å². The number of hydrogen-bond acceptors (Lipinski definition) is 4. The average molecular weight is 443 g/mol. The lowest BCUT2D eigenvalue weighted by molar-refractivity contribution is -0.0282. The fourth-order valence-electron chi connectivity index (χ4n) is 5.00. The minimum absolute atomic E-state index is 0.0305. The predicted octanol–water partition coefficient (Wildman–Crippen LogP) is 3.82. The Morgan fingerprint density at radius 3 is 2.52 bits per heavy atom. The molecule has 0 aliphatic carbocycles. The van der Waals surface area contributed by atoms with Crippen molar-refractivity contribution in [2.75, 3.05) is 19.7 Å². The zero-order valence-electron chi connectivity index (χ0n) is 18.6. The maximum Gasteiger partial charge on any atom is 0.148 e. The van der Waals surface area contributed by atoms with E-state index >= 15 is 0 Å². The molecule has 1 atom stereocenters. The summed E-state index contributed by atoms with van der Waals surface area (Å²) in [6.45, 7) is 2.31. The Morgan fingerprint density at radius 2 is 1.76 bits per heavy atom. The summed E-state index contributed by atoms with van der Waals surface area (Å²) in [5.41, 5.74) is 9.42. The van der Waals surface area contributed by atoms with Gasteiger partial charge in [0.2, 0.25) is 0 Å². The molecule has 4 aromatic rings. The number of rotatable bonds is 6. The van der Waals surface area contributed by atoms with Crippen LogP contribution in [0.25, 0.3) is 21.7 Å². The van der Waals surface area contributed by atoms with Crippen LogP contribution in [0.4, 0.5) is 0 Å². The first-order valence-electron chi connectivity index (χ1n) is 11.5. The molecular weight excluding hydrogens is 412 g/mol. The number of aliphatic hydroxyl groups is 2. The summed E-state index contributed by atoms with van der Waals surface area (Å²) in [5.74, 6) is 0.344. The van der Waals surface area contributed by atoms with Gasteiger partial charge in [0, 0.05) is 42.7 Å². The second-order valence-electron chi connectivity index (χ2n) is 9.02. The number of fused-ring (bicyclic) bond motifs is 2. The molecule has 5 N–H and O–H groups in total.